The number of primary sulfonamides is 1. The van der Waals surface area contributed by atoms with Crippen LogP contribution in [0.5, 0.6) is 0 Å². The number of nitrogens with one attached hydrogen (secondary N) is 2. The van der Waals surface area contributed by atoms with Crippen LogP contribution < -0.4 is 15.4 Å². The predicted octanol–water partition coefficient (Wildman–Crippen LogP) is 0.910. The number of aromatic nitrogens is 2. The van der Waals surface area contributed by atoms with E-state index < -0.39 is 21.0 Å². The predicted molar refractivity (Wildman–Crippen MR) is 85.8 cm³/mol. The average molecular weight is 335 g/mol. The molecule has 0 bridgehead atoms. The van der Waals surface area contributed by atoms with E-state index in [9.17, 15) is 13.2 Å². The second-order valence-corrected chi connectivity index (χ2v) is 6.85. The van der Waals surface area contributed by atoms with Gasteiger partial charge in [0.05, 0.1) is 11.8 Å². The van der Waals surface area contributed by atoms with Crippen LogP contribution in [-0.2, 0) is 10.0 Å². The molecular formula is C14H17N5O3S. The van der Waals surface area contributed by atoms with Gasteiger partial charge in [-0.3, -0.25) is 9.89 Å². The van der Waals surface area contributed by atoms with E-state index in [-0.39, 0.29) is 5.56 Å². The topological polar surface area (TPSA) is 121 Å². The first kappa shape index (κ1) is 15.5. The molecule has 2 aromatic rings. The lowest BCUT2D eigenvalue weighted by molar-refractivity contribution is 0.102. The third kappa shape index (κ3) is 3.35. The van der Waals surface area contributed by atoms with Gasteiger partial charge < -0.3 is 10.2 Å². The number of H-pyrrole nitrogens is 1. The highest BCUT2D eigenvalue weighted by atomic mass is 32.2. The van der Waals surface area contributed by atoms with Gasteiger partial charge in [0.1, 0.15) is 0 Å². The molecule has 1 aromatic carbocycles. The third-order valence-corrected chi connectivity index (χ3v) is 4.59. The smallest absolute Gasteiger partial charge is 0.260 e. The molecule has 3 rings (SSSR count). The number of carbonyl (C=O) groups excluding carboxylic acids is 1. The van der Waals surface area contributed by atoms with Crippen LogP contribution in [0.4, 0.5) is 11.4 Å². The lowest BCUT2D eigenvalue weighted by Crippen LogP contribution is -2.20. The zero-order valence-corrected chi connectivity index (χ0v) is 13.1. The molecule has 1 saturated heterocycles. The molecule has 1 amide bonds. The van der Waals surface area contributed by atoms with Crippen LogP contribution in [0.2, 0.25) is 0 Å². The first-order chi connectivity index (χ1) is 10.9. The molecule has 122 valence electrons. The Morgan fingerprint density at radius 1 is 1.30 bits per heavy atom. The molecule has 0 atom stereocenters. The number of rotatable bonds is 4. The van der Waals surface area contributed by atoms with Crippen LogP contribution in [-0.4, -0.2) is 37.6 Å². The molecular weight excluding hydrogens is 318 g/mol. The maximum Gasteiger partial charge on any atom is 0.260 e. The van der Waals surface area contributed by atoms with E-state index in [1.54, 1.807) is 6.07 Å². The third-order valence-electron chi connectivity index (χ3n) is 3.71. The van der Waals surface area contributed by atoms with Crippen molar-refractivity contribution in [3.05, 3.63) is 36.0 Å². The van der Waals surface area contributed by atoms with Crippen LogP contribution in [0, 0.1) is 0 Å². The van der Waals surface area contributed by atoms with Crippen LogP contribution in [0.1, 0.15) is 23.2 Å². The summed E-state index contributed by atoms with van der Waals surface area (Å²) in [5.41, 5.74) is 1.50. The molecule has 8 nitrogen and oxygen atoms in total. The Morgan fingerprint density at radius 2 is 2.04 bits per heavy atom. The van der Waals surface area contributed by atoms with Crippen molar-refractivity contribution in [1.29, 1.82) is 0 Å². The number of aromatic amines is 1. The summed E-state index contributed by atoms with van der Waals surface area (Å²) in [4.78, 5) is 14.5. The van der Waals surface area contributed by atoms with Crippen molar-refractivity contribution in [2.45, 2.75) is 17.9 Å². The number of nitrogens with zero attached hydrogens (tertiary/aromatic N) is 2. The van der Waals surface area contributed by atoms with Gasteiger partial charge in [0.2, 0.25) is 0 Å². The average Bonchev–Trinajstić information content (AvgIpc) is 3.18. The van der Waals surface area contributed by atoms with E-state index in [0.717, 1.165) is 37.8 Å². The fraction of sp³-hybridized carbons (Fsp3) is 0.286. The maximum atomic E-state index is 12.3. The van der Waals surface area contributed by atoms with Gasteiger partial charge in [-0.25, -0.2) is 13.6 Å². The number of amides is 1. The Kier molecular flexibility index (Phi) is 4.05. The molecule has 1 aliphatic rings. The van der Waals surface area contributed by atoms with Crippen molar-refractivity contribution in [2.75, 3.05) is 23.3 Å². The molecule has 0 unspecified atom stereocenters. The Morgan fingerprint density at radius 3 is 2.74 bits per heavy atom. The van der Waals surface area contributed by atoms with Crippen molar-refractivity contribution in [2.24, 2.45) is 5.14 Å². The molecule has 1 fully saturated rings. The lowest BCUT2D eigenvalue weighted by Gasteiger charge is -2.18. The molecule has 0 spiro atoms. The number of hydrogen-bond donors (Lipinski definition) is 3. The highest BCUT2D eigenvalue weighted by molar-refractivity contribution is 7.89. The van der Waals surface area contributed by atoms with E-state index in [2.05, 4.69) is 20.4 Å². The van der Waals surface area contributed by atoms with Gasteiger partial charge in [-0.05, 0) is 31.0 Å². The van der Waals surface area contributed by atoms with Crippen molar-refractivity contribution < 1.29 is 13.2 Å². The van der Waals surface area contributed by atoms with Crippen molar-refractivity contribution in [1.82, 2.24) is 10.2 Å². The van der Waals surface area contributed by atoms with Crippen molar-refractivity contribution in [3.63, 3.8) is 0 Å². The summed E-state index contributed by atoms with van der Waals surface area (Å²) in [7, 11) is -4.04. The van der Waals surface area contributed by atoms with Crippen molar-refractivity contribution in [3.8, 4) is 0 Å². The highest BCUT2D eigenvalue weighted by Crippen LogP contribution is 2.24. The molecule has 0 aliphatic carbocycles. The first-order valence-electron chi connectivity index (χ1n) is 7.18. The second-order valence-electron chi connectivity index (χ2n) is 5.36. The summed E-state index contributed by atoms with van der Waals surface area (Å²) in [5.74, 6) is -0.582. The molecule has 1 aliphatic heterocycles. The van der Waals surface area contributed by atoms with Gasteiger partial charge in [0, 0.05) is 24.5 Å². The monoisotopic (exact) mass is 335 g/mol. The molecule has 1 aromatic heterocycles. The number of benzene rings is 1. The van der Waals surface area contributed by atoms with Crippen LogP contribution in [0.3, 0.4) is 0 Å². The van der Waals surface area contributed by atoms with Crippen LogP contribution in [0.15, 0.2) is 35.5 Å². The van der Waals surface area contributed by atoms with Gasteiger partial charge in [-0.2, -0.15) is 5.10 Å². The molecule has 0 radical (unpaired) electrons. The minimum Gasteiger partial charge on any atom is -0.371 e. The Bertz CT molecular complexity index is 824. The van der Waals surface area contributed by atoms with E-state index in [0.29, 0.717) is 5.69 Å². The summed E-state index contributed by atoms with van der Waals surface area (Å²) in [5, 5.41) is 13.1. The summed E-state index contributed by atoms with van der Waals surface area (Å²) in [6.45, 7) is 1.99. The molecule has 4 N–H and O–H groups in total. The van der Waals surface area contributed by atoms with E-state index in [1.807, 2.05) is 18.2 Å². The van der Waals surface area contributed by atoms with Gasteiger partial charge in [0.25, 0.3) is 15.9 Å². The second kappa shape index (κ2) is 6.01. The summed E-state index contributed by atoms with van der Waals surface area (Å²) in [6, 6.07) is 7.43. The number of nitrogens with two attached hydrogens (primary N) is 1. The molecule has 2 heterocycles. The van der Waals surface area contributed by atoms with E-state index in [4.69, 9.17) is 5.14 Å². The Labute approximate surface area is 133 Å². The number of anilines is 2. The summed E-state index contributed by atoms with van der Waals surface area (Å²) >= 11 is 0. The van der Waals surface area contributed by atoms with E-state index in [1.165, 1.54) is 0 Å². The normalized spacial score (nSPS) is 14.9. The van der Waals surface area contributed by atoms with Gasteiger partial charge >= 0.3 is 0 Å². The summed E-state index contributed by atoms with van der Waals surface area (Å²) < 4.78 is 22.8. The van der Waals surface area contributed by atoms with E-state index >= 15 is 0 Å². The van der Waals surface area contributed by atoms with Crippen LogP contribution >= 0.6 is 0 Å². The zero-order chi connectivity index (χ0) is 16.4. The molecule has 0 saturated carbocycles. The lowest BCUT2D eigenvalue weighted by atomic mass is 10.2. The van der Waals surface area contributed by atoms with Crippen LogP contribution in [0.25, 0.3) is 0 Å². The minimum atomic E-state index is -4.04. The summed E-state index contributed by atoms with van der Waals surface area (Å²) in [6.07, 6.45) is 3.45. The standard InChI is InChI=1S/C14H17N5O3S/c15-23(21,22)14-12(9-16-18-14)13(20)17-10-4-3-5-11(8-10)19-6-1-2-7-19/h3-5,8-9H,1-2,6-7H2,(H,16,18)(H,17,20)(H2,15,21,22). The fourth-order valence-corrected chi connectivity index (χ4v) is 3.24. The maximum absolute atomic E-state index is 12.3. The number of carbonyl (C=O) groups is 1. The Hall–Kier alpha value is -2.39. The largest absolute Gasteiger partial charge is 0.371 e. The SMILES string of the molecule is NS(=O)(=O)c1[nH]ncc1C(=O)Nc1cccc(N2CCCC2)c1. The van der Waals surface area contributed by atoms with Gasteiger partial charge in [-0.1, -0.05) is 6.07 Å². The van der Waals surface area contributed by atoms with Gasteiger partial charge in [-0.15, -0.1) is 0 Å². The zero-order valence-electron chi connectivity index (χ0n) is 12.3. The van der Waals surface area contributed by atoms with Gasteiger partial charge in [0.15, 0.2) is 5.03 Å². The quantitative estimate of drug-likeness (QED) is 0.767. The number of sulfonamides is 1. The number of hydrogen-bond acceptors (Lipinski definition) is 5. The highest BCUT2D eigenvalue weighted by Gasteiger charge is 2.22. The Balaban J connectivity index is 1.81. The fourth-order valence-electron chi connectivity index (χ4n) is 2.61. The van der Waals surface area contributed by atoms with Crippen molar-refractivity contribution >= 4 is 27.3 Å². The first-order valence-corrected chi connectivity index (χ1v) is 8.72. The minimum absolute atomic E-state index is 0.112. The molecule has 23 heavy (non-hydrogen) atoms. The molecule has 9 heteroatoms.